The van der Waals surface area contributed by atoms with Crippen LogP contribution in [0.2, 0.25) is 0 Å². The Labute approximate surface area is 150 Å². The van der Waals surface area contributed by atoms with Crippen LogP contribution in [0.1, 0.15) is 24.2 Å². The summed E-state index contributed by atoms with van der Waals surface area (Å²) < 4.78 is 1.48. The molecule has 0 radical (unpaired) electrons. The van der Waals surface area contributed by atoms with Crippen molar-refractivity contribution in [2.24, 2.45) is 5.92 Å². The van der Waals surface area contributed by atoms with Gasteiger partial charge in [0.25, 0.3) is 5.91 Å². The zero-order valence-electron chi connectivity index (χ0n) is 14.4. The van der Waals surface area contributed by atoms with Crippen molar-refractivity contribution in [1.82, 2.24) is 20.2 Å². The van der Waals surface area contributed by atoms with Crippen LogP contribution in [0.15, 0.2) is 54.9 Å². The van der Waals surface area contributed by atoms with Gasteiger partial charge in [0.05, 0.1) is 5.69 Å². The van der Waals surface area contributed by atoms with E-state index >= 15 is 0 Å². The lowest BCUT2D eigenvalue weighted by Gasteiger charge is -2.10. The van der Waals surface area contributed by atoms with Gasteiger partial charge < -0.3 is 10.6 Å². The molecule has 0 spiro atoms. The van der Waals surface area contributed by atoms with Crippen molar-refractivity contribution in [2.75, 3.05) is 10.6 Å². The molecule has 1 heterocycles. The minimum Gasteiger partial charge on any atom is -0.326 e. The van der Waals surface area contributed by atoms with Crippen LogP contribution in [0, 0.1) is 5.92 Å². The largest absolute Gasteiger partial charge is 0.326 e. The maximum atomic E-state index is 12.4. The van der Waals surface area contributed by atoms with Crippen molar-refractivity contribution < 1.29 is 9.59 Å². The normalized spacial score (nSPS) is 10.6. The molecule has 8 heteroatoms. The summed E-state index contributed by atoms with van der Waals surface area (Å²) in [7, 11) is 0. The van der Waals surface area contributed by atoms with Gasteiger partial charge in [0, 0.05) is 22.9 Å². The third-order valence-electron chi connectivity index (χ3n) is 3.66. The Morgan fingerprint density at radius 2 is 1.69 bits per heavy atom. The number of anilines is 2. The molecule has 0 aliphatic rings. The number of rotatable bonds is 5. The molecule has 0 aliphatic carbocycles. The van der Waals surface area contributed by atoms with Crippen molar-refractivity contribution in [3.63, 3.8) is 0 Å². The number of amides is 2. The molecule has 2 amide bonds. The van der Waals surface area contributed by atoms with E-state index in [4.69, 9.17) is 0 Å². The number of hydrogen-bond acceptors (Lipinski definition) is 5. The molecule has 2 aromatic carbocycles. The highest BCUT2D eigenvalue weighted by atomic mass is 16.2. The van der Waals surface area contributed by atoms with Crippen LogP contribution < -0.4 is 10.6 Å². The second kappa shape index (κ2) is 7.56. The Morgan fingerprint density at radius 3 is 2.31 bits per heavy atom. The van der Waals surface area contributed by atoms with Crippen molar-refractivity contribution in [1.29, 1.82) is 0 Å². The molecule has 3 aromatic rings. The molecule has 3 rings (SSSR count). The SMILES string of the molecule is CC(C)C(=O)Nc1ccc(NC(=O)c2cccc(-n3cnnn3)c2)cc1. The second-order valence-corrected chi connectivity index (χ2v) is 5.98. The van der Waals surface area contributed by atoms with Gasteiger partial charge in [0.2, 0.25) is 5.91 Å². The summed E-state index contributed by atoms with van der Waals surface area (Å²) >= 11 is 0. The van der Waals surface area contributed by atoms with Gasteiger partial charge in [-0.25, -0.2) is 4.68 Å². The molecule has 26 heavy (non-hydrogen) atoms. The third-order valence-corrected chi connectivity index (χ3v) is 3.66. The molecule has 0 saturated carbocycles. The highest BCUT2D eigenvalue weighted by Gasteiger charge is 2.09. The van der Waals surface area contributed by atoms with Crippen LogP contribution in [0.3, 0.4) is 0 Å². The van der Waals surface area contributed by atoms with E-state index in [1.54, 1.807) is 48.5 Å². The maximum absolute atomic E-state index is 12.4. The van der Waals surface area contributed by atoms with Crippen LogP contribution in [-0.4, -0.2) is 32.0 Å². The molecule has 0 fully saturated rings. The molecule has 0 aliphatic heterocycles. The summed E-state index contributed by atoms with van der Waals surface area (Å²) in [5.41, 5.74) is 2.48. The molecule has 8 nitrogen and oxygen atoms in total. The molecule has 0 atom stereocenters. The molecule has 0 bridgehead atoms. The van der Waals surface area contributed by atoms with Gasteiger partial charge in [-0.3, -0.25) is 9.59 Å². The highest BCUT2D eigenvalue weighted by molar-refractivity contribution is 6.04. The van der Waals surface area contributed by atoms with Crippen LogP contribution in [0.25, 0.3) is 5.69 Å². The maximum Gasteiger partial charge on any atom is 0.255 e. The summed E-state index contributed by atoms with van der Waals surface area (Å²) in [5, 5.41) is 16.6. The Balaban J connectivity index is 1.68. The summed E-state index contributed by atoms with van der Waals surface area (Å²) in [4.78, 5) is 24.1. The van der Waals surface area contributed by atoms with E-state index in [1.807, 2.05) is 13.8 Å². The molecule has 1 aromatic heterocycles. The number of carbonyl (C=O) groups excluding carboxylic acids is 2. The van der Waals surface area contributed by atoms with Crippen molar-refractivity contribution in [3.05, 3.63) is 60.4 Å². The van der Waals surface area contributed by atoms with Crippen LogP contribution in [0.5, 0.6) is 0 Å². The number of nitrogens with zero attached hydrogens (tertiary/aromatic N) is 4. The molecular formula is C18H18N6O2. The van der Waals surface area contributed by atoms with Crippen LogP contribution >= 0.6 is 0 Å². The first-order valence-corrected chi connectivity index (χ1v) is 8.08. The number of benzene rings is 2. The summed E-state index contributed by atoms with van der Waals surface area (Å²) in [5.74, 6) is -0.401. The molecule has 0 saturated heterocycles. The predicted octanol–water partition coefficient (Wildman–Crippen LogP) is 2.51. The first-order chi connectivity index (χ1) is 12.5. The lowest BCUT2D eigenvalue weighted by Crippen LogP contribution is -2.17. The van der Waals surface area contributed by atoms with E-state index in [1.165, 1.54) is 11.0 Å². The molecule has 0 unspecified atom stereocenters. The first-order valence-electron chi connectivity index (χ1n) is 8.08. The number of hydrogen-bond donors (Lipinski definition) is 2. The van der Waals surface area contributed by atoms with Gasteiger partial charge in [-0.2, -0.15) is 0 Å². The van der Waals surface area contributed by atoms with Gasteiger partial charge in [0.1, 0.15) is 6.33 Å². The first kappa shape index (κ1) is 17.3. The van der Waals surface area contributed by atoms with Crippen LogP contribution in [0.4, 0.5) is 11.4 Å². The smallest absolute Gasteiger partial charge is 0.255 e. The highest BCUT2D eigenvalue weighted by Crippen LogP contribution is 2.16. The van der Waals surface area contributed by atoms with Crippen molar-refractivity contribution >= 4 is 23.2 Å². The van der Waals surface area contributed by atoms with Gasteiger partial charge >= 0.3 is 0 Å². The minimum atomic E-state index is -0.251. The molecular weight excluding hydrogens is 332 g/mol. The Morgan fingerprint density at radius 1 is 1.00 bits per heavy atom. The summed E-state index contributed by atoms with van der Waals surface area (Å²) in [6.45, 7) is 3.65. The Kier molecular flexibility index (Phi) is 5.02. The van der Waals surface area contributed by atoms with E-state index < -0.39 is 0 Å². The zero-order chi connectivity index (χ0) is 18.5. The Bertz CT molecular complexity index is 904. The zero-order valence-corrected chi connectivity index (χ0v) is 14.4. The van der Waals surface area contributed by atoms with Crippen LogP contribution in [-0.2, 0) is 4.79 Å². The summed E-state index contributed by atoms with van der Waals surface area (Å²) in [6.07, 6.45) is 1.46. The van der Waals surface area contributed by atoms with E-state index in [9.17, 15) is 9.59 Å². The van der Waals surface area contributed by atoms with Gasteiger partial charge in [-0.1, -0.05) is 19.9 Å². The van der Waals surface area contributed by atoms with Gasteiger partial charge in [0.15, 0.2) is 0 Å². The molecule has 2 N–H and O–H groups in total. The van der Waals surface area contributed by atoms with E-state index in [0.717, 1.165) is 0 Å². The Hall–Kier alpha value is -3.55. The number of carbonyl (C=O) groups is 2. The number of aromatic nitrogens is 4. The summed E-state index contributed by atoms with van der Waals surface area (Å²) in [6, 6.07) is 13.9. The topological polar surface area (TPSA) is 102 Å². The lowest BCUT2D eigenvalue weighted by atomic mass is 10.1. The third kappa shape index (κ3) is 4.10. The molecule has 132 valence electrons. The van der Waals surface area contributed by atoms with Gasteiger partial charge in [-0.05, 0) is 52.9 Å². The quantitative estimate of drug-likeness (QED) is 0.736. The van der Waals surface area contributed by atoms with Gasteiger partial charge in [-0.15, -0.1) is 5.10 Å². The second-order valence-electron chi connectivity index (χ2n) is 5.98. The average molecular weight is 350 g/mol. The van der Waals surface area contributed by atoms with E-state index in [-0.39, 0.29) is 17.7 Å². The number of tetrazole rings is 1. The fraction of sp³-hybridized carbons (Fsp3) is 0.167. The number of nitrogens with one attached hydrogen (secondary N) is 2. The fourth-order valence-electron chi connectivity index (χ4n) is 2.20. The fourth-order valence-corrected chi connectivity index (χ4v) is 2.20. The van der Waals surface area contributed by atoms with Crippen molar-refractivity contribution in [3.8, 4) is 5.69 Å². The van der Waals surface area contributed by atoms with E-state index in [2.05, 4.69) is 26.2 Å². The van der Waals surface area contributed by atoms with Crippen molar-refractivity contribution in [2.45, 2.75) is 13.8 Å². The monoisotopic (exact) mass is 350 g/mol. The van der Waals surface area contributed by atoms with E-state index in [0.29, 0.717) is 22.6 Å². The average Bonchev–Trinajstić information content (AvgIpc) is 3.18. The lowest BCUT2D eigenvalue weighted by molar-refractivity contribution is -0.118. The predicted molar refractivity (Wildman–Crippen MR) is 97.0 cm³/mol. The minimum absolute atomic E-state index is 0.0544. The standard InChI is InChI=1S/C18H18N6O2/c1-12(2)17(25)20-14-6-8-15(9-7-14)21-18(26)13-4-3-5-16(10-13)24-11-19-22-23-24/h3-12H,1-2H3,(H,20,25)(H,21,26).